The van der Waals surface area contributed by atoms with Gasteiger partial charge in [0.15, 0.2) is 0 Å². The minimum absolute atomic E-state index is 0.222. The fraction of sp³-hybridized carbons (Fsp3) is 0.348. The Morgan fingerprint density at radius 1 is 1.07 bits per heavy atom. The summed E-state index contributed by atoms with van der Waals surface area (Å²) in [5.41, 5.74) is 1.41. The van der Waals surface area contributed by atoms with Crippen molar-refractivity contribution in [2.75, 3.05) is 11.5 Å². The number of ether oxygens (including phenoxy) is 1. The third-order valence-electron chi connectivity index (χ3n) is 6.10. The van der Waals surface area contributed by atoms with Crippen LogP contribution < -0.4 is 10.2 Å². The number of nitrogens with zero attached hydrogens (tertiary/aromatic N) is 1. The van der Waals surface area contributed by atoms with Crippen molar-refractivity contribution < 1.29 is 24.4 Å². The fourth-order valence-corrected chi connectivity index (χ4v) is 4.67. The predicted octanol–water partition coefficient (Wildman–Crippen LogP) is 1.74. The molecule has 4 atom stereocenters. The van der Waals surface area contributed by atoms with E-state index in [2.05, 4.69) is 0 Å². The van der Waals surface area contributed by atoms with Crippen LogP contribution in [0.15, 0.2) is 54.6 Å². The summed E-state index contributed by atoms with van der Waals surface area (Å²) in [6.07, 6.45) is 0. The molecule has 2 heterocycles. The van der Waals surface area contributed by atoms with Crippen LogP contribution in [0, 0.1) is 18.8 Å². The van der Waals surface area contributed by atoms with E-state index in [-0.39, 0.29) is 24.5 Å². The molecule has 0 bridgehead atoms. The van der Waals surface area contributed by atoms with E-state index in [4.69, 9.17) is 4.74 Å². The van der Waals surface area contributed by atoms with Gasteiger partial charge in [-0.15, -0.1) is 0 Å². The number of fused-ring (bicyclic) bond motifs is 1. The average molecular weight is 393 g/mol. The number of nitrogens with two attached hydrogens (primary N) is 1. The molecule has 2 aliphatic rings. The highest BCUT2D eigenvalue weighted by Gasteiger charge is 2.70. The quantitative estimate of drug-likeness (QED) is 0.634. The van der Waals surface area contributed by atoms with Gasteiger partial charge in [-0.2, -0.15) is 0 Å². The summed E-state index contributed by atoms with van der Waals surface area (Å²) in [5, 5.41) is 1.85. The van der Waals surface area contributed by atoms with Gasteiger partial charge in [-0.3, -0.25) is 9.59 Å². The molecule has 2 aromatic carbocycles. The van der Waals surface area contributed by atoms with Crippen molar-refractivity contribution in [1.29, 1.82) is 0 Å². The Balaban J connectivity index is 1.81. The van der Waals surface area contributed by atoms with Crippen molar-refractivity contribution >= 4 is 23.5 Å². The number of anilines is 1. The minimum Gasteiger partial charge on any atom is -0.461 e. The van der Waals surface area contributed by atoms with Gasteiger partial charge in [0.25, 0.3) is 0 Å². The summed E-state index contributed by atoms with van der Waals surface area (Å²) >= 11 is 0. The summed E-state index contributed by atoms with van der Waals surface area (Å²) in [5.74, 6) is -2.46. The van der Waals surface area contributed by atoms with E-state index in [1.165, 1.54) is 4.90 Å². The number of rotatable bonds is 4. The maximum Gasteiger partial charge on any atom is 0.368 e. The number of para-hydroxylation sites is 1. The monoisotopic (exact) mass is 393 g/mol. The number of hydrogen-bond donors (Lipinski definition) is 1. The summed E-state index contributed by atoms with van der Waals surface area (Å²) < 4.78 is 5.31. The number of quaternary nitrogens is 1. The second-order valence-electron chi connectivity index (χ2n) is 7.96. The van der Waals surface area contributed by atoms with Crippen LogP contribution in [0.5, 0.6) is 0 Å². The van der Waals surface area contributed by atoms with Crippen LogP contribution in [0.3, 0.4) is 0 Å². The average Bonchev–Trinajstić information content (AvgIpc) is 3.17. The van der Waals surface area contributed by atoms with Gasteiger partial charge in [-0.25, -0.2) is 9.69 Å². The van der Waals surface area contributed by atoms with E-state index >= 15 is 0 Å². The fourth-order valence-electron chi connectivity index (χ4n) is 4.67. The number of amides is 2. The molecule has 6 heteroatoms. The first-order valence-electron chi connectivity index (χ1n) is 9.91. The van der Waals surface area contributed by atoms with Crippen LogP contribution >= 0.6 is 0 Å². The van der Waals surface area contributed by atoms with E-state index in [1.54, 1.807) is 38.1 Å². The zero-order chi connectivity index (χ0) is 20.8. The lowest BCUT2D eigenvalue weighted by Crippen LogP contribution is -2.97. The minimum atomic E-state index is -1.16. The van der Waals surface area contributed by atoms with E-state index < -0.39 is 23.3 Å². The second kappa shape index (κ2) is 7.12. The maximum absolute atomic E-state index is 13.4. The highest BCUT2D eigenvalue weighted by molar-refractivity contribution is 6.23. The molecule has 4 rings (SSSR count). The molecule has 0 aromatic heterocycles. The summed E-state index contributed by atoms with van der Waals surface area (Å²) in [6, 6.07) is 16.5. The van der Waals surface area contributed by atoms with Crippen molar-refractivity contribution in [3.05, 3.63) is 65.7 Å². The SMILES string of the molecule is CCOC(=O)[C@]1(C)[NH2+][C@@H](c2ccc(C)cc2)[C@H]2C(=O)N(c3ccccc3)C(=O)[C@@H]21. The van der Waals surface area contributed by atoms with Crippen molar-refractivity contribution in [2.24, 2.45) is 11.8 Å². The Morgan fingerprint density at radius 2 is 1.72 bits per heavy atom. The van der Waals surface area contributed by atoms with Crippen LogP contribution in [-0.4, -0.2) is 29.9 Å². The molecule has 29 heavy (non-hydrogen) atoms. The molecule has 2 N–H and O–H groups in total. The van der Waals surface area contributed by atoms with Crippen LogP contribution in [-0.2, 0) is 19.1 Å². The number of carbonyl (C=O) groups excluding carboxylic acids is 3. The standard InChI is InChI=1S/C23H24N2O4/c1-4-29-22(28)23(3)18-17(19(24-23)15-12-10-14(2)11-13-15)20(26)25(21(18)27)16-8-6-5-7-9-16/h5-13,17-19,24H,4H2,1-3H3/p+1/t17-,18+,19-,23+/m0/s1. The Labute approximate surface area is 169 Å². The van der Waals surface area contributed by atoms with E-state index in [1.807, 2.05) is 42.6 Å². The van der Waals surface area contributed by atoms with Gasteiger partial charge in [0.05, 0.1) is 12.3 Å². The van der Waals surface area contributed by atoms with Crippen LogP contribution in [0.4, 0.5) is 5.69 Å². The molecule has 2 saturated heterocycles. The number of carbonyl (C=O) groups is 3. The molecule has 2 fully saturated rings. The summed E-state index contributed by atoms with van der Waals surface area (Å²) in [6.45, 7) is 5.67. The molecular formula is C23H25N2O4+. The Bertz CT molecular complexity index is 957. The van der Waals surface area contributed by atoms with Gasteiger partial charge in [0, 0.05) is 12.5 Å². The zero-order valence-corrected chi connectivity index (χ0v) is 16.8. The lowest BCUT2D eigenvalue weighted by atomic mass is 9.80. The molecule has 0 spiro atoms. The van der Waals surface area contributed by atoms with E-state index in [9.17, 15) is 14.4 Å². The van der Waals surface area contributed by atoms with E-state index in [0.717, 1.165) is 11.1 Å². The normalized spacial score (nSPS) is 28.5. The third kappa shape index (κ3) is 2.95. The molecule has 0 aliphatic carbocycles. The number of esters is 1. The Hall–Kier alpha value is -2.99. The van der Waals surface area contributed by atoms with Gasteiger partial charge >= 0.3 is 5.97 Å². The molecule has 2 aromatic rings. The zero-order valence-electron chi connectivity index (χ0n) is 16.8. The first kappa shape index (κ1) is 19.3. The maximum atomic E-state index is 13.4. The summed E-state index contributed by atoms with van der Waals surface area (Å²) in [4.78, 5) is 41.0. The molecule has 0 saturated carbocycles. The Morgan fingerprint density at radius 3 is 2.34 bits per heavy atom. The van der Waals surface area contributed by atoms with Gasteiger partial charge in [0.2, 0.25) is 17.4 Å². The predicted molar refractivity (Wildman–Crippen MR) is 107 cm³/mol. The highest BCUT2D eigenvalue weighted by Crippen LogP contribution is 2.45. The lowest BCUT2D eigenvalue weighted by Gasteiger charge is -2.26. The lowest BCUT2D eigenvalue weighted by molar-refractivity contribution is -0.731. The number of hydrogen-bond acceptors (Lipinski definition) is 4. The molecular weight excluding hydrogens is 368 g/mol. The topological polar surface area (TPSA) is 80.3 Å². The van der Waals surface area contributed by atoms with Crippen LogP contribution in [0.1, 0.15) is 31.0 Å². The smallest absolute Gasteiger partial charge is 0.368 e. The number of aryl methyl sites for hydroxylation is 1. The van der Waals surface area contributed by atoms with Crippen molar-refractivity contribution in [3.8, 4) is 0 Å². The molecule has 2 amide bonds. The number of benzene rings is 2. The van der Waals surface area contributed by atoms with Crippen molar-refractivity contribution in [1.82, 2.24) is 0 Å². The second-order valence-corrected chi connectivity index (χ2v) is 7.96. The van der Waals surface area contributed by atoms with Gasteiger partial charge < -0.3 is 10.1 Å². The van der Waals surface area contributed by atoms with E-state index in [0.29, 0.717) is 5.69 Å². The third-order valence-corrected chi connectivity index (χ3v) is 6.10. The molecule has 0 radical (unpaired) electrons. The van der Waals surface area contributed by atoms with Gasteiger partial charge in [0.1, 0.15) is 17.9 Å². The van der Waals surface area contributed by atoms with Crippen LogP contribution in [0.2, 0.25) is 0 Å². The first-order chi connectivity index (χ1) is 13.9. The largest absolute Gasteiger partial charge is 0.461 e. The van der Waals surface area contributed by atoms with Gasteiger partial charge in [-0.05, 0) is 26.0 Å². The highest BCUT2D eigenvalue weighted by atomic mass is 16.5. The van der Waals surface area contributed by atoms with Crippen LogP contribution in [0.25, 0.3) is 0 Å². The number of imide groups is 1. The molecule has 0 unspecified atom stereocenters. The Kier molecular flexibility index (Phi) is 4.74. The summed E-state index contributed by atoms with van der Waals surface area (Å²) in [7, 11) is 0. The van der Waals surface area contributed by atoms with Crippen molar-refractivity contribution in [3.63, 3.8) is 0 Å². The first-order valence-corrected chi connectivity index (χ1v) is 9.91. The molecule has 2 aliphatic heterocycles. The van der Waals surface area contributed by atoms with Crippen molar-refractivity contribution in [2.45, 2.75) is 32.4 Å². The molecule has 6 nitrogen and oxygen atoms in total. The van der Waals surface area contributed by atoms with Gasteiger partial charge in [-0.1, -0.05) is 48.0 Å². The molecule has 150 valence electrons.